The fourth-order valence-electron chi connectivity index (χ4n) is 1.17. The third kappa shape index (κ3) is 7.06. The van der Waals surface area contributed by atoms with E-state index in [0.29, 0.717) is 12.2 Å². The van der Waals surface area contributed by atoms with Crippen molar-refractivity contribution in [2.75, 3.05) is 14.2 Å². The van der Waals surface area contributed by atoms with Crippen molar-refractivity contribution in [1.82, 2.24) is 5.01 Å². The first-order valence-corrected chi connectivity index (χ1v) is 6.22. The lowest BCUT2D eigenvalue weighted by Crippen LogP contribution is -2.27. The number of rotatable bonds is 7. The van der Waals surface area contributed by atoms with Crippen LogP contribution >= 0.6 is 15.9 Å². The van der Waals surface area contributed by atoms with Crippen LogP contribution in [0.25, 0.3) is 0 Å². The van der Waals surface area contributed by atoms with Gasteiger partial charge in [0, 0.05) is 30.1 Å². The number of allylic oxidation sites excluding steroid dienone is 4. The summed E-state index contributed by atoms with van der Waals surface area (Å²) >= 11 is 3.18. The highest BCUT2D eigenvalue weighted by Gasteiger charge is 2.17. The smallest absolute Gasteiger partial charge is 0.245 e. The van der Waals surface area contributed by atoms with E-state index in [4.69, 9.17) is 4.74 Å². The molecule has 1 amide bonds. The van der Waals surface area contributed by atoms with Gasteiger partial charge in [0.05, 0.1) is 12.9 Å². The molecule has 0 aromatic rings. The third-order valence-electron chi connectivity index (χ3n) is 2.17. The van der Waals surface area contributed by atoms with Crippen molar-refractivity contribution in [1.29, 1.82) is 0 Å². The van der Waals surface area contributed by atoms with Crippen LogP contribution in [0.15, 0.2) is 40.7 Å². The lowest BCUT2D eigenvalue weighted by atomic mass is 10.1. The van der Waals surface area contributed by atoms with Gasteiger partial charge >= 0.3 is 0 Å². The van der Waals surface area contributed by atoms with E-state index in [1.165, 1.54) is 11.2 Å². The molecule has 0 spiro atoms. The molecule has 0 rings (SSSR count). The first kappa shape index (κ1) is 16.6. The first-order chi connectivity index (χ1) is 8.38. The second kappa shape index (κ2) is 8.69. The highest BCUT2D eigenvalue weighted by atomic mass is 79.9. The second-order valence-electron chi connectivity index (χ2n) is 3.78. The monoisotopic (exact) mass is 314 g/mol. The van der Waals surface area contributed by atoms with E-state index in [2.05, 4.69) is 34.2 Å². The number of halogens is 1. The Morgan fingerprint density at radius 3 is 2.67 bits per heavy atom. The summed E-state index contributed by atoms with van der Waals surface area (Å²) in [5, 5.41) is 5.29. The summed E-state index contributed by atoms with van der Waals surface area (Å²) in [6, 6.07) is 0. The molecule has 0 aliphatic heterocycles. The third-order valence-corrected chi connectivity index (χ3v) is 2.43. The van der Waals surface area contributed by atoms with Gasteiger partial charge < -0.3 is 4.74 Å². The first-order valence-electron chi connectivity index (χ1n) is 5.42. The fraction of sp³-hybridized carbons (Fsp3) is 0.385. The van der Waals surface area contributed by atoms with Crippen LogP contribution in [0.1, 0.15) is 13.3 Å². The van der Waals surface area contributed by atoms with Crippen molar-refractivity contribution in [3.05, 3.63) is 35.6 Å². The van der Waals surface area contributed by atoms with Crippen LogP contribution in [0, 0.1) is 5.92 Å². The molecule has 0 aromatic heterocycles. The minimum atomic E-state index is -0.213. The number of carbonyl (C=O) groups is 1. The number of hydrazone groups is 1. The largest absolute Gasteiger partial charge is 0.502 e. The predicted octanol–water partition coefficient (Wildman–Crippen LogP) is 3.08. The van der Waals surface area contributed by atoms with Gasteiger partial charge in [0.1, 0.15) is 0 Å². The Bertz CT molecular complexity index is 375. The highest BCUT2D eigenvalue weighted by molar-refractivity contribution is 9.11. The summed E-state index contributed by atoms with van der Waals surface area (Å²) in [7, 11) is 3.15. The van der Waals surface area contributed by atoms with Gasteiger partial charge in [-0.15, -0.1) is 0 Å². The summed E-state index contributed by atoms with van der Waals surface area (Å²) in [5.41, 5.74) is 0. The van der Waals surface area contributed by atoms with Crippen LogP contribution in [0.5, 0.6) is 0 Å². The Labute approximate surface area is 117 Å². The molecule has 4 nitrogen and oxygen atoms in total. The van der Waals surface area contributed by atoms with E-state index in [-0.39, 0.29) is 11.8 Å². The quantitative estimate of drug-likeness (QED) is 0.313. The maximum absolute atomic E-state index is 11.9. The number of hydrogen-bond acceptors (Lipinski definition) is 3. The highest BCUT2D eigenvalue weighted by Crippen LogP contribution is 2.12. The molecular weight excluding hydrogens is 296 g/mol. The average Bonchev–Trinajstić information content (AvgIpc) is 2.32. The van der Waals surface area contributed by atoms with Gasteiger partial charge in [-0.3, -0.25) is 4.79 Å². The maximum atomic E-state index is 11.9. The Hall–Kier alpha value is -1.36. The molecular formula is C13H19BrN2O2. The molecule has 0 aromatic carbocycles. The van der Waals surface area contributed by atoms with E-state index in [9.17, 15) is 4.79 Å². The van der Waals surface area contributed by atoms with Gasteiger partial charge in [-0.05, 0) is 12.2 Å². The molecule has 100 valence electrons. The number of carbonyl (C=O) groups excluding carboxylic acids is 1. The topological polar surface area (TPSA) is 41.9 Å². The molecule has 0 saturated carbocycles. The Morgan fingerprint density at radius 2 is 2.17 bits per heavy atom. The molecule has 5 heteroatoms. The van der Waals surface area contributed by atoms with Crippen LogP contribution in [-0.4, -0.2) is 31.3 Å². The standard InChI is InChI=1S/C13H19BrN2O2/c1-10(9-12(3)18-5)13(17)16(4)15-8-6-7-11(2)14/h6-8,10H,2-3,9H2,1,4-5H3. The van der Waals surface area contributed by atoms with Crippen molar-refractivity contribution in [3.8, 4) is 0 Å². The number of ether oxygens (including phenoxy) is 1. The lowest BCUT2D eigenvalue weighted by Gasteiger charge is -2.16. The van der Waals surface area contributed by atoms with Gasteiger partial charge in [0.15, 0.2) is 0 Å². The lowest BCUT2D eigenvalue weighted by molar-refractivity contribution is -0.133. The zero-order valence-electron chi connectivity index (χ0n) is 11.0. The van der Waals surface area contributed by atoms with Crippen molar-refractivity contribution in [2.45, 2.75) is 13.3 Å². The number of hydrogen-bond donors (Lipinski definition) is 0. The molecule has 0 fully saturated rings. The molecule has 0 saturated heterocycles. The number of amides is 1. The Balaban J connectivity index is 4.33. The molecule has 0 bridgehead atoms. The van der Waals surface area contributed by atoms with Gasteiger partial charge in [-0.25, -0.2) is 5.01 Å². The number of methoxy groups -OCH3 is 1. The summed E-state index contributed by atoms with van der Waals surface area (Å²) < 4.78 is 5.69. The average molecular weight is 315 g/mol. The molecule has 0 radical (unpaired) electrons. The number of nitrogens with zero attached hydrogens (tertiary/aromatic N) is 2. The van der Waals surface area contributed by atoms with E-state index >= 15 is 0 Å². The van der Waals surface area contributed by atoms with Crippen LogP contribution < -0.4 is 0 Å². The van der Waals surface area contributed by atoms with E-state index in [0.717, 1.165) is 4.48 Å². The molecule has 0 aliphatic rings. The molecule has 18 heavy (non-hydrogen) atoms. The molecule has 0 aliphatic carbocycles. The van der Waals surface area contributed by atoms with Crippen LogP contribution in [0.3, 0.4) is 0 Å². The SMILES string of the molecule is C=C(Br)C=CC=NN(C)C(=O)C(C)CC(=C)OC. The van der Waals surface area contributed by atoms with E-state index in [1.807, 2.05) is 6.92 Å². The summed E-state index contributed by atoms with van der Waals surface area (Å²) in [5.74, 6) is 0.286. The molecule has 0 N–H and O–H groups in total. The van der Waals surface area contributed by atoms with Crippen molar-refractivity contribution < 1.29 is 9.53 Å². The Morgan fingerprint density at radius 1 is 1.56 bits per heavy atom. The van der Waals surface area contributed by atoms with Crippen molar-refractivity contribution >= 4 is 28.1 Å². The second-order valence-corrected chi connectivity index (χ2v) is 4.80. The van der Waals surface area contributed by atoms with Crippen molar-refractivity contribution in [2.24, 2.45) is 11.0 Å². The Kier molecular flexibility index (Phi) is 8.03. The van der Waals surface area contributed by atoms with E-state index in [1.54, 1.807) is 26.3 Å². The van der Waals surface area contributed by atoms with Gasteiger partial charge in [0.25, 0.3) is 0 Å². The van der Waals surface area contributed by atoms with Crippen LogP contribution in [-0.2, 0) is 9.53 Å². The molecule has 1 atom stereocenters. The van der Waals surface area contributed by atoms with Gasteiger partial charge in [-0.2, -0.15) is 5.10 Å². The van der Waals surface area contributed by atoms with Crippen molar-refractivity contribution in [3.63, 3.8) is 0 Å². The fourth-order valence-corrected chi connectivity index (χ4v) is 1.33. The van der Waals surface area contributed by atoms with Gasteiger partial charge in [-0.1, -0.05) is 36.0 Å². The van der Waals surface area contributed by atoms with Crippen LogP contribution in [0.4, 0.5) is 0 Å². The predicted molar refractivity (Wildman–Crippen MR) is 78.4 cm³/mol. The summed E-state index contributed by atoms with van der Waals surface area (Å²) in [4.78, 5) is 11.9. The minimum absolute atomic E-state index is 0.0875. The van der Waals surface area contributed by atoms with E-state index < -0.39 is 0 Å². The van der Waals surface area contributed by atoms with Gasteiger partial charge in [0.2, 0.25) is 5.91 Å². The molecule has 1 unspecified atom stereocenters. The van der Waals surface area contributed by atoms with Crippen LogP contribution in [0.2, 0.25) is 0 Å². The zero-order chi connectivity index (χ0) is 14.1. The maximum Gasteiger partial charge on any atom is 0.245 e. The minimum Gasteiger partial charge on any atom is -0.502 e. The zero-order valence-corrected chi connectivity index (χ0v) is 12.6. The molecule has 0 heterocycles. The normalized spacial score (nSPS) is 12.7. The summed E-state index contributed by atoms with van der Waals surface area (Å²) in [6.07, 6.45) is 5.45. The summed E-state index contributed by atoms with van der Waals surface area (Å²) in [6.45, 7) is 9.15.